The number of aromatic nitrogens is 1. The number of carbonyl (C=O) groups is 1. The standard InChI is InChI=1S/C20H19NO6/c1-24-15-7-5-6-12-13(20(22)23)10-14(21-18(12)15)11-8-16(25-2)19(27-4)17(9-11)26-3/h5-10H,1-4H3,(H,22,23)/p-1. The van der Waals surface area contributed by atoms with Gasteiger partial charge in [0, 0.05) is 16.5 Å². The second-order valence-electron chi connectivity index (χ2n) is 5.61. The highest BCUT2D eigenvalue weighted by Crippen LogP contribution is 2.41. The topological polar surface area (TPSA) is 89.9 Å². The molecule has 2 aromatic carbocycles. The van der Waals surface area contributed by atoms with Gasteiger partial charge in [-0.1, -0.05) is 12.1 Å². The molecular formula is C20H18NO6-. The monoisotopic (exact) mass is 368 g/mol. The zero-order chi connectivity index (χ0) is 19.6. The maximum atomic E-state index is 11.7. The van der Waals surface area contributed by atoms with Gasteiger partial charge in [0.05, 0.1) is 40.1 Å². The Morgan fingerprint density at radius 2 is 1.52 bits per heavy atom. The number of fused-ring (bicyclic) bond motifs is 1. The summed E-state index contributed by atoms with van der Waals surface area (Å²) in [5.41, 5.74) is 1.44. The van der Waals surface area contributed by atoms with Crippen LogP contribution in [0.3, 0.4) is 0 Å². The Hall–Kier alpha value is -3.48. The molecule has 7 heteroatoms. The maximum absolute atomic E-state index is 11.7. The van der Waals surface area contributed by atoms with E-state index in [0.717, 1.165) is 0 Å². The molecule has 140 valence electrons. The van der Waals surface area contributed by atoms with Crippen LogP contribution in [-0.2, 0) is 0 Å². The smallest absolute Gasteiger partial charge is 0.203 e. The Morgan fingerprint density at radius 3 is 2.04 bits per heavy atom. The predicted molar refractivity (Wildman–Crippen MR) is 97.7 cm³/mol. The van der Waals surface area contributed by atoms with Crippen molar-refractivity contribution >= 4 is 16.9 Å². The molecule has 0 bridgehead atoms. The van der Waals surface area contributed by atoms with Gasteiger partial charge in [0.25, 0.3) is 0 Å². The van der Waals surface area contributed by atoms with Gasteiger partial charge in [-0.3, -0.25) is 0 Å². The summed E-state index contributed by atoms with van der Waals surface area (Å²) in [6.07, 6.45) is 0. The van der Waals surface area contributed by atoms with Crippen molar-refractivity contribution in [3.05, 3.63) is 42.0 Å². The number of hydrogen-bond donors (Lipinski definition) is 0. The van der Waals surface area contributed by atoms with E-state index < -0.39 is 5.97 Å². The number of ether oxygens (including phenoxy) is 4. The zero-order valence-corrected chi connectivity index (χ0v) is 15.4. The summed E-state index contributed by atoms with van der Waals surface area (Å²) in [4.78, 5) is 16.3. The zero-order valence-electron chi connectivity index (χ0n) is 15.4. The van der Waals surface area contributed by atoms with Gasteiger partial charge in [-0.05, 0) is 24.3 Å². The third kappa shape index (κ3) is 3.19. The molecule has 0 saturated carbocycles. The van der Waals surface area contributed by atoms with E-state index in [9.17, 15) is 9.90 Å². The van der Waals surface area contributed by atoms with Gasteiger partial charge in [-0.15, -0.1) is 0 Å². The van der Waals surface area contributed by atoms with Crippen LogP contribution in [0.15, 0.2) is 36.4 Å². The summed E-state index contributed by atoms with van der Waals surface area (Å²) >= 11 is 0. The van der Waals surface area contributed by atoms with E-state index in [1.54, 1.807) is 30.3 Å². The van der Waals surface area contributed by atoms with Crippen LogP contribution in [0.2, 0.25) is 0 Å². The highest BCUT2D eigenvalue weighted by atomic mass is 16.5. The number of carboxylic acid groups (broad SMARTS) is 1. The molecule has 0 aliphatic heterocycles. The van der Waals surface area contributed by atoms with Gasteiger partial charge in [0.15, 0.2) is 11.5 Å². The summed E-state index contributed by atoms with van der Waals surface area (Å²) < 4.78 is 21.4. The molecular weight excluding hydrogens is 350 g/mol. The van der Waals surface area contributed by atoms with E-state index in [-0.39, 0.29) is 5.56 Å². The van der Waals surface area contributed by atoms with Crippen molar-refractivity contribution in [2.75, 3.05) is 28.4 Å². The Bertz CT molecular complexity index is 990. The van der Waals surface area contributed by atoms with E-state index in [0.29, 0.717) is 45.2 Å². The number of rotatable bonds is 6. The van der Waals surface area contributed by atoms with Gasteiger partial charge < -0.3 is 28.8 Å². The number of methoxy groups -OCH3 is 4. The minimum atomic E-state index is -1.30. The Balaban J connectivity index is 2.33. The fourth-order valence-corrected chi connectivity index (χ4v) is 2.93. The molecule has 0 N–H and O–H groups in total. The molecule has 3 rings (SSSR count). The van der Waals surface area contributed by atoms with Crippen molar-refractivity contribution in [1.29, 1.82) is 0 Å². The average molecular weight is 368 g/mol. The van der Waals surface area contributed by atoms with E-state index >= 15 is 0 Å². The fraction of sp³-hybridized carbons (Fsp3) is 0.200. The second-order valence-corrected chi connectivity index (χ2v) is 5.61. The van der Waals surface area contributed by atoms with Crippen molar-refractivity contribution in [1.82, 2.24) is 4.98 Å². The average Bonchev–Trinajstić information content (AvgIpc) is 2.70. The molecule has 1 heterocycles. The van der Waals surface area contributed by atoms with Crippen molar-refractivity contribution < 1.29 is 28.8 Å². The van der Waals surface area contributed by atoms with Gasteiger partial charge >= 0.3 is 0 Å². The van der Waals surface area contributed by atoms with Crippen LogP contribution in [0, 0.1) is 0 Å². The Labute approximate surface area is 156 Å². The van der Waals surface area contributed by atoms with Crippen molar-refractivity contribution in [3.63, 3.8) is 0 Å². The van der Waals surface area contributed by atoms with Crippen LogP contribution in [0.1, 0.15) is 10.4 Å². The molecule has 3 aromatic rings. The Kier molecular flexibility index (Phi) is 5.03. The lowest BCUT2D eigenvalue weighted by atomic mass is 10.0. The number of para-hydroxylation sites is 1. The Morgan fingerprint density at radius 1 is 0.889 bits per heavy atom. The second kappa shape index (κ2) is 7.41. The molecule has 0 spiro atoms. The highest BCUT2D eigenvalue weighted by Gasteiger charge is 2.17. The number of nitrogens with zero attached hydrogens (tertiary/aromatic N) is 1. The van der Waals surface area contributed by atoms with Gasteiger partial charge in [-0.2, -0.15) is 0 Å². The SMILES string of the molecule is COc1cc(-c2cc(C(=O)[O-])c3cccc(OC)c3n2)cc(OC)c1OC. The number of carbonyl (C=O) groups excluding carboxylic acids is 1. The number of hydrogen-bond acceptors (Lipinski definition) is 7. The summed E-state index contributed by atoms with van der Waals surface area (Å²) in [6.45, 7) is 0. The number of carboxylic acids is 1. The van der Waals surface area contributed by atoms with Crippen LogP contribution in [0.4, 0.5) is 0 Å². The number of aromatic carboxylic acids is 1. The molecule has 0 unspecified atom stereocenters. The quantitative estimate of drug-likeness (QED) is 0.659. The van der Waals surface area contributed by atoms with E-state index in [1.165, 1.54) is 34.5 Å². The third-order valence-electron chi connectivity index (χ3n) is 4.20. The van der Waals surface area contributed by atoms with Gasteiger partial charge in [-0.25, -0.2) is 4.98 Å². The molecule has 27 heavy (non-hydrogen) atoms. The highest BCUT2D eigenvalue weighted by molar-refractivity contribution is 6.04. The predicted octanol–water partition coefficient (Wildman–Crippen LogP) is 2.30. The first-order valence-electron chi connectivity index (χ1n) is 8.03. The van der Waals surface area contributed by atoms with E-state index in [4.69, 9.17) is 18.9 Å². The maximum Gasteiger partial charge on any atom is 0.203 e. The van der Waals surface area contributed by atoms with Gasteiger partial charge in [0.1, 0.15) is 11.3 Å². The molecule has 7 nitrogen and oxygen atoms in total. The first kappa shape index (κ1) is 18.3. The molecule has 0 aliphatic carbocycles. The molecule has 0 fully saturated rings. The first-order valence-corrected chi connectivity index (χ1v) is 8.03. The minimum absolute atomic E-state index is 0.0163. The molecule has 1 aromatic heterocycles. The summed E-state index contributed by atoms with van der Waals surface area (Å²) in [5, 5.41) is 12.1. The van der Waals surface area contributed by atoms with Crippen LogP contribution in [0.5, 0.6) is 23.0 Å². The van der Waals surface area contributed by atoms with Crippen LogP contribution in [0.25, 0.3) is 22.2 Å². The molecule has 0 radical (unpaired) electrons. The summed E-state index contributed by atoms with van der Waals surface area (Å²) in [5.74, 6) is 0.462. The summed E-state index contributed by atoms with van der Waals surface area (Å²) in [7, 11) is 6.02. The normalized spacial score (nSPS) is 10.5. The lowest BCUT2D eigenvalue weighted by molar-refractivity contribution is -0.254. The van der Waals surface area contributed by atoms with E-state index in [2.05, 4.69) is 4.98 Å². The minimum Gasteiger partial charge on any atom is -0.545 e. The number of pyridine rings is 1. The largest absolute Gasteiger partial charge is 0.545 e. The lowest BCUT2D eigenvalue weighted by Gasteiger charge is -2.16. The number of benzene rings is 2. The van der Waals surface area contributed by atoms with Gasteiger partial charge in [0.2, 0.25) is 5.75 Å². The molecule has 0 amide bonds. The van der Waals surface area contributed by atoms with E-state index in [1.807, 2.05) is 0 Å². The van der Waals surface area contributed by atoms with Crippen molar-refractivity contribution in [3.8, 4) is 34.3 Å². The fourth-order valence-electron chi connectivity index (χ4n) is 2.93. The molecule has 0 aliphatic rings. The molecule has 0 saturated heterocycles. The third-order valence-corrected chi connectivity index (χ3v) is 4.20. The van der Waals surface area contributed by atoms with Crippen LogP contribution in [-0.4, -0.2) is 39.4 Å². The molecule has 0 atom stereocenters. The van der Waals surface area contributed by atoms with Crippen LogP contribution >= 0.6 is 0 Å². The summed E-state index contributed by atoms with van der Waals surface area (Å²) in [6, 6.07) is 9.93. The van der Waals surface area contributed by atoms with Crippen LogP contribution < -0.4 is 24.1 Å². The lowest BCUT2D eigenvalue weighted by Crippen LogP contribution is -2.22. The first-order chi connectivity index (χ1) is 13.0. The van der Waals surface area contributed by atoms with Crippen molar-refractivity contribution in [2.24, 2.45) is 0 Å². The van der Waals surface area contributed by atoms with Crippen molar-refractivity contribution in [2.45, 2.75) is 0 Å².